The van der Waals surface area contributed by atoms with E-state index < -0.39 is 129 Å². The van der Waals surface area contributed by atoms with Crippen LogP contribution >= 0.6 is 0 Å². The van der Waals surface area contributed by atoms with Gasteiger partial charge in [-0.05, 0) is 66.8 Å². The zero-order valence-electron chi connectivity index (χ0n) is 44.2. The van der Waals surface area contributed by atoms with Gasteiger partial charge in [0.05, 0.1) is 26.4 Å². The van der Waals surface area contributed by atoms with Gasteiger partial charge in [-0.1, -0.05) is 89.0 Å². The first-order valence-electron chi connectivity index (χ1n) is 25.6. The Morgan fingerprint density at radius 3 is 0.941 bits per heavy atom. The first kappa shape index (κ1) is 74.2. The molecule has 0 aromatic heterocycles. The van der Waals surface area contributed by atoms with Gasteiger partial charge in [0.25, 0.3) is 0 Å². The van der Waals surface area contributed by atoms with Crippen LogP contribution < -0.4 is 18.9 Å². The van der Waals surface area contributed by atoms with Crippen LogP contribution in [0.5, 0.6) is 23.0 Å². The molecule has 33 heteroatoms. The largest absolute Gasteiger partial charge is 0.493 e. The minimum atomic E-state index is -9.66. The summed E-state index contributed by atoms with van der Waals surface area (Å²) in [5.74, 6) is -98.0. The Kier molecular flexibility index (Phi) is 24.8. The normalized spacial score (nSPS) is 14.8. The summed E-state index contributed by atoms with van der Waals surface area (Å²) in [4.78, 5) is 0. The van der Waals surface area contributed by atoms with Gasteiger partial charge in [-0.2, -0.15) is 110 Å². The van der Waals surface area contributed by atoms with Crippen molar-refractivity contribution in [3.05, 3.63) is 60.7 Å². The fourth-order valence-corrected chi connectivity index (χ4v) is 7.75. The molecule has 0 aliphatic rings. The molecule has 488 valence electrons. The van der Waals surface area contributed by atoms with Crippen LogP contribution in [0.3, 0.4) is 0 Å². The van der Waals surface area contributed by atoms with E-state index in [2.05, 4.69) is 6.92 Å². The van der Waals surface area contributed by atoms with E-state index in [0.717, 1.165) is 44.9 Å². The molecule has 3 rings (SSSR count). The Bertz CT molecular complexity index is 2530. The Hall–Kier alpha value is -5.05. The molecular weight excluding hydrogens is 1230 g/mol. The van der Waals surface area contributed by atoms with Gasteiger partial charge in [0.15, 0.2) is 0 Å². The number of hydrogen-bond donors (Lipinski definition) is 4. The van der Waals surface area contributed by atoms with Crippen LogP contribution in [-0.4, -0.2) is 144 Å². The lowest BCUT2D eigenvalue weighted by Gasteiger charge is -2.45. The summed E-state index contributed by atoms with van der Waals surface area (Å²) in [5, 5.41) is 37.7. The van der Waals surface area contributed by atoms with Crippen molar-refractivity contribution in [2.24, 2.45) is 0 Å². The number of aliphatic hydroxyl groups is 4. The minimum absolute atomic E-state index is 0.0399. The molecule has 2 atom stereocenters. The average Bonchev–Trinajstić information content (AvgIpc) is 0.788. The number of hydrogen-bond acceptors (Lipinski definition) is 8. The van der Waals surface area contributed by atoms with E-state index in [9.17, 15) is 120 Å². The van der Waals surface area contributed by atoms with Crippen molar-refractivity contribution in [1.82, 2.24) is 0 Å². The molecule has 3 aromatic carbocycles. The molecule has 0 amide bonds. The van der Waals surface area contributed by atoms with E-state index in [1.165, 1.54) is 42.5 Å². The summed E-state index contributed by atoms with van der Waals surface area (Å²) in [6, 6.07) is 15.2. The second-order valence-corrected chi connectivity index (χ2v) is 19.5. The van der Waals surface area contributed by atoms with Gasteiger partial charge in [-0.25, -0.2) is 0 Å². The smallest absolute Gasteiger partial charge is 0.460 e. The van der Waals surface area contributed by atoms with Gasteiger partial charge in [0.1, 0.15) is 48.4 Å². The zero-order valence-corrected chi connectivity index (χ0v) is 44.2. The van der Waals surface area contributed by atoms with Crippen LogP contribution in [0.1, 0.15) is 90.4 Å². The minimum Gasteiger partial charge on any atom is -0.493 e. The van der Waals surface area contributed by atoms with E-state index in [-0.39, 0.29) is 49.2 Å². The highest BCUT2D eigenvalue weighted by Crippen LogP contribution is 2.68. The van der Waals surface area contributed by atoms with Crippen molar-refractivity contribution in [3.8, 4) is 45.3 Å². The molecule has 4 N–H and O–H groups in total. The van der Waals surface area contributed by atoms with Crippen LogP contribution in [0.4, 0.5) is 110 Å². The van der Waals surface area contributed by atoms with Crippen LogP contribution in [0.2, 0.25) is 0 Å². The van der Waals surface area contributed by atoms with Gasteiger partial charge in [0, 0.05) is 17.5 Å². The maximum Gasteiger partial charge on any atom is 0.460 e. The molecule has 0 saturated heterocycles. The zero-order chi connectivity index (χ0) is 65.1. The standard InChI is InChI=1S/C52H57F25O8/c1-2-3-4-5-6-7-9-12-23-82-39-25-38(32-16-20-36(21-17-32)85-30-34(81)28-79)40(26-37(39)31-14-18-35(19-15-31)84-29-33(80)27-78)83-24-13-10-8-11-22-41(53,54)42(55,56)43(57,58)44(59,60)45(61,62)46(63,64)47(65,66)48(67,68)49(69,70)50(71,72)51(73,74)52(75,76)77/h14-21,25-26,33-34,78-81H,2-13,22-24,27-30H2,1H3. The van der Waals surface area contributed by atoms with Crippen molar-refractivity contribution in [2.45, 2.75) is 174 Å². The summed E-state index contributed by atoms with van der Waals surface area (Å²) in [6.07, 6.45) is -9.00. The van der Waals surface area contributed by atoms with Crippen molar-refractivity contribution in [1.29, 1.82) is 0 Å². The maximum absolute atomic E-state index is 14.8. The van der Waals surface area contributed by atoms with Crippen molar-refractivity contribution >= 4 is 0 Å². The van der Waals surface area contributed by atoms with Gasteiger partial charge < -0.3 is 39.4 Å². The summed E-state index contributed by atoms with van der Waals surface area (Å²) >= 11 is 0. The van der Waals surface area contributed by atoms with Crippen molar-refractivity contribution < 1.29 is 149 Å². The summed E-state index contributed by atoms with van der Waals surface area (Å²) < 4.78 is 372. The quantitative estimate of drug-likeness (QED) is 0.0331. The molecule has 0 aliphatic carbocycles. The maximum atomic E-state index is 14.8. The average molecular weight is 1280 g/mol. The number of alkyl halides is 25. The Morgan fingerprint density at radius 1 is 0.353 bits per heavy atom. The monoisotopic (exact) mass is 1280 g/mol. The van der Waals surface area contributed by atoms with E-state index in [1.807, 2.05) is 0 Å². The molecular formula is C52H57F25O8. The van der Waals surface area contributed by atoms with Crippen molar-refractivity contribution in [2.75, 3.05) is 39.6 Å². The second kappa shape index (κ2) is 28.4. The molecule has 0 radical (unpaired) electrons. The summed E-state index contributed by atoms with van der Waals surface area (Å²) in [5.41, 5.74) is 1.53. The molecule has 0 saturated carbocycles. The Morgan fingerprint density at radius 2 is 0.635 bits per heavy atom. The molecule has 0 heterocycles. The lowest BCUT2D eigenvalue weighted by atomic mass is 9.84. The Balaban J connectivity index is 1.91. The third-order valence-electron chi connectivity index (χ3n) is 13.0. The molecule has 0 fully saturated rings. The second-order valence-electron chi connectivity index (χ2n) is 19.5. The topological polar surface area (TPSA) is 118 Å². The number of halogens is 25. The predicted octanol–water partition coefficient (Wildman–Crippen LogP) is 15.9. The molecule has 0 aliphatic heterocycles. The Labute approximate surface area is 468 Å². The van der Waals surface area contributed by atoms with Crippen LogP contribution in [0.25, 0.3) is 22.3 Å². The third kappa shape index (κ3) is 15.4. The SMILES string of the molecule is CCCCCCCCCCOc1cc(-c2ccc(OCC(O)CO)cc2)c(OCCCCCCC(F)(F)C(F)(F)C(F)(F)C(F)(F)C(F)(F)C(F)(F)C(F)(F)C(F)(F)C(F)(F)C(F)(F)C(F)(F)C(F)(F)F)cc1-c1ccc(OCC(O)CO)cc1. The van der Waals surface area contributed by atoms with Crippen LogP contribution in [-0.2, 0) is 0 Å². The van der Waals surface area contributed by atoms with Crippen LogP contribution in [0, 0.1) is 0 Å². The van der Waals surface area contributed by atoms with Gasteiger partial charge >= 0.3 is 71.3 Å². The van der Waals surface area contributed by atoms with Gasteiger partial charge in [-0.3, -0.25) is 0 Å². The van der Waals surface area contributed by atoms with E-state index in [0.29, 0.717) is 28.7 Å². The molecule has 8 nitrogen and oxygen atoms in total. The fourth-order valence-electron chi connectivity index (χ4n) is 7.75. The van der Waals surface area contributed by atoms with E-state index in [4.69, 9.17) is 29.2 Å². The first-order chi connectivity index (χ1) is 38.9. The lowest BCUT2D eigenvalue weighted by molar-refractivity contribution is -0.482. The predicted molar refractivity (Wildman–Crippen MR) is 252 cm³/mol. The molecule has 3 aromatic rings. The molecule has 2 unspecified atom stereocenters. The number of ether oxygens (including phenoxy) is 4. The van der Waals surface area contributed by atoms with E-state index >= 15 is 0 Å². The number of rotatable bonds is 38. The summed E-state index contributed by atoms with van der Waals surface area (Å²) in [6.45, 7) is 0.000585. The molecule has 0 spiro atoms. The number of benzene rings is 3. The molecule has 0 bridgehead atoms. The van der Waals surface area contributed by atoms with Gasteiger partial charge in [0.2, 0.25) is 0 Å². The van der Waals surface area contributed by atoms with Gasteiger partial charge in [-0.15, -0.1) is 0 Å². The number of unbranched alkanes of at least 4 members (excludes halogenated alkanes) is 10. The highest BCUT2D eigenvalue weighted by molar-refractivity contribution is 5.81. The van der Waals surface area contributed by atoms with Crippen molar-refractivity contribution in [3.63, 3.8) is 0 Å². The number of aliphatic hydroxyl groups excluding tert-OH is 4. The molecule has 85 heavy (non-hydrogen) atoms. The summed E-state index contributed by atoms with van der Waals surface area (Å²) in [7, 11) is 0. The lowest BCUT2D eigenvalue weighted by Crippen LogP contribution is -2.78. The van der Waals surface area contributed by atoms with E-state index in [1.54, 1.807) is 18.2 Å². The first-order valence-corrected chi connectivity index (χ1v) is 25.6. The highest BCUT2D eigenvalue weighted by atomic mass is 19.4. The third-order valence-corrected chi connectivity index (χ3v) is 13.0. The highest BCUT2D eigenvalue weighted by Gasteiger charge is 2.99. The fraction of sp³-hybridized carbons (Fsp3) is 0.654. The van der Waals surface area contributed by atoms with Crippen LogP contribution in [0.15, 0.2) is 60.7 Å².